The van der Waals surface area contributed by atoms with E-state index in [1.807, 2.05) is 6.08 Å². The van der Waals surface area contributed by atoms with Crippen molar-refractivity contribution in [1.82, 2.24) is 0 Å². The number of aliphatic hydroxyl groups excluding tert-OH is 1. The zero-order valence-electron chi connectivity index (χ0n) is 6.82. The highest BCUT2D eigenvalue weighted by molar-refractivity contribution is 7.98. The molecule has 0 fully saturated rings. The van der Waals surface area contributed by atoms with Crippen molar-refractivity contribution in [2.24, 2.45) is 0 Å². The second kappa shape index (κ2) is 5.41. The van der Waals surface area contributed by atoms with Crippen LogP contribution in [0.25, 0.3) is 6.08 Å². The van der Waals surface area contributed by atoms with Gasteiger partial charge in [0, 0.05) is 16.4 Å². The summed E-state index contributed by atoms with van der Waals surface area (Å²) in [7, 11) is 0. The number of thiophene rings is 1. The van der Waals surface area contributed by atoms with Crippen molar-refractivity contribution in [3.05, 3.63) is 28.5 Å². The highest BCUT2D eigenvalue weighted by Crippen LogP contribution is 2.22. The summed E-state index contributed by atoms with van der Waals surface area (Å²) in [5.41, 5.74) is 1.33. The molecule has 0 aliphatic rings. The van der Waals surface area contributed by atoms with Crippen molar-refractivity contribution in [2.75, 3.05) is 12.4 Å². The van der Waals surface area contributed by atoms with Crippen molar-refractivity contribution in [3.63, 3.8) is 0 Å². The van der Waals surface area contributed by atoms with E-state index in [2.05, 4.69) is 18.0 Å². The van der Waals surface area contributed by atoms with Crippen molar-refractivity contribution in [1.29, 1.82) is 0 Å². The third kappa shape index (κ3) is 2.66. The van der Waals surface area contributed by atoms with Gasteiger partial charge in [-0.25, -0.2) is 0 Å². The van der Waals surface area contributed by atoms with Gasteiger partial charge >= 0.3 is 0 Å². The van der Waals surface area contributed by atoms with E-state index in [0.717, 1.165) is 11.5 Å². The first-order chi connectivity index (χ1) is 5.88. The van der Waals surface area contributed by atoms with Crippen LogP contribution in [-0.2, 0) is 5.75 Å². The Labute approximate surface area is 81.1 Å². The molecule has 12 heavy (non-hydrogen) atoms. The average Bonchev–Trinajstić information content (AvgIpc) is 2.52. The Hall–Kier alpha value is -0.250. The summed E-state index contributed by atoms with van der Waals surface area (Å²) >= 11 is 3.46. The molecule has 0 saturated heterocycles. The highest BCUT2D eigenvalue weighted by atomic mass is 32.2. The third-order valence-corrected chi connectivity index (χ3v) is 3.40. The SMILES string of the molecule is C=Cc1sccc1CSCCO. The van der Waals surface area contributed by atoms with Crippen LogP contribution in [-0.4, -0.2) is 17.5 Å². The van der Waals surface area contributed by atoms with E-state index in [9.17, 15) is 0 Å². The van der Waals surface area contributed by atoms with E-state index in [0.29, 0.717) is 0 Å². The first kappa shape index (κ1) is 9.84. The molecular formula is C9H12OS2. The molecule has 0 aromatic carbocycles. The molecule has 1 rings (SSSR count). The smallest absolute Gasteiger partial charge is 0.0521 e. The number of thioether (sulfide) groups is 1. The fraction of sp³-hybridized carbons (Fsp3) is 0.333. The molecule has 0 bridgehead atoms. The topological polar surface area (TPSA) is 20.2 Å². The van der Waals surface area contributed by atoms with Gasteiger partial charge in [-0.05, 0) is 17.0 Å². The van der Waals surface area contributed by atoms with Crippen LogP contribution in [0.4, 0.5) is 0 Å². The Morgan fingerprint density at radius 1 is 1.67 bits per heavy atom. The van der Waals surface area contributed by atoms with E-state index >= 15 is 0 Å². The lowest BCUT2D eigenvalue weighted by molar-refractivity contribution is 0.322. The van der Waals surface area contributed by atoms with Crippen molar-refractivity contribution in [2.45, 2.75) is 5.75 Å². The molecule has 0 atom stereocenters. The summed E-state index contributed by atoms with van der Waals surface area (Å²) < 4.78 is 0. The first-order valence-electron chi connectivity index (χ1n) is 3.76. The molecule has 0 spiro atoms. The van der Waals surface area contributed by atoms with Gasteiger partial charge in [0.05, 0.1) is 6.61 Å². The lowest BCUT2D eigenvalue weighted by Crippen LogP contribution is -1.87. The Bertz CT molecular complexity index is 242. The van der Waals surface area contributed by atoms with Gasteiger partial charge in [-0.3, -0.25) is 0 Å². The summed E-state index contributed by atoms with van der Waals surface area (Å²) in [6, 6.07) is 2.12. The van der Waals surface area contributed by atoms with E-state index in [1.165, 1.54) is 10.4 Å². The van der Waals surface area contributed by atoms with Crippen LogP contribution in [0.1, 0.15) is 10.4 Å². The number of hydrogen-bond acceptors (Lipinski definition) is 3. The van der Waals surface area contributed by atoms with E-state index in [-0.39, 0.29) is 6.61 Å². The minimum Gasteiger partial charge on any atom is -0.396 e. The van der Waals surface area contributed by atoms with Gasteiger partial charge in [-0.2, -0.15) is 11.8 Å². The minimum absolute atomic E-state index is 0.262. The molecule has 0 aliphatic heterocycles. The molecule has 0 radical (unpaired) electrons. The molecule has 3 heteroatoms. The van der Waals surface area contributed by atoms with Crippen LogP contribution >= 0.6 is 23.1 Å². The summed E-state index contributed by atoms with van der Waals surface area (Å²) in [6.07, 6.45) is 1.89. The molecule has 66 valence electrons. The van der Waals surface area contributed by atoms with Gasteiger partial charge in [-0.1, -0.05) is 12.7 Å². The third-order valence-electron chi connectivity index (χ3n) is 1.46. The largest absolute Gasteiger partial charge is 0.396 e. The zero-order valence-corrected chi connectivity index (χ0v) is 8.46. The standard InChI is InChI=1S/C9H12OS2/c1-2-9-8(3-5-12-9)7-11-6-4-10/h2-3,5,10H,1,4,6-7H2. The van der Waals surface area contributed by atoms with Crippen molar-refractivity contribution < 1.29 is 5.11 Å². The molecule has 0 saturated carbocycles. The molecule has 1 N–H and O–H groups in total. The summed E-state index contributed by atoms with van der Waals surface area (Å²) in [5, 5.41) is 10.7. The predicted molar refractivity (Wildman–Crippen MR) is 57.7 cm³/mol. The number of rotatable bonds is 5. The highest BCUT2D eigenvalue weighted by Gasteiger charge is 1.99. The van der Waals surface area contributed by atoms with Crippen LogP contribution in [0.5, 0.6) is 0 Å². The molecule has 1 heterocycles. The van der Waals surface area contributed by atoms with Crippen LogP contribution < -0.4 is 0 Å². The number of aliphatic hydroxyl groups is 1. The molecule has 1 nitrogen and oxygen atoms in total. The van der Waals surface area contributed by atoms with Crippen LogP contribution in [0.15, 0.2) is 18.0 Å². The Balaban J connectivity index is 2.45. The van der Waals surface area contributed by atoms with Crippen LogP contribution in [0.2, 0.25) is 0 Å². The van der Waals surface area contributed by atoms with E-state index in [4.69, 9.17) is 5.11 Å². The van der Waals surface area contributed by atoms with Crippen molar-refractivity contribution >= 4 is 29.2 Å². The summed E-state index contributed by atoms with van der Waals surface area (Å²) in [4.78, 5) is 1.25. The van der Waals surface area contributed by atoms with Gasteiger partial charge in [0.2, 0.25) is 0 Å². The van der Waals surface area contributed by atoms with Gasteiger partial charge in [-0.15, -0.1) is 11.3 Å². The first-order valence-corrected chi connectivity index (χ1v) is 5.79. The lowest BCUT2D eigenvalue weighted by atomic mass is 10.3. The predicted octanol–water partition coefficient (Wildman–Crippen LogP) is 2.62. The Morgan fingerprint density at radius 3 is 3.17 bits per heavy atom. The Morgan fingerprint density at radius 2 is 2.50 bits per heavy atom. The van der Waals surface area contributed by atoms with Gasteiger partial charge in [0.1, 0.15) is 0 Å². The lowest BCUT2D eigenvalue weighted by Gasteiger charge is -1.98. The van der Waals surface area contributed by atoms with Crippen molar-refractivity contribution in [3.8, 4) is 0 Å². The van der Waals surface area contributed by atoms with Crippen LogP contribution in [0.3, 0.4) is 0 Å². The van der Waals surface area contributed by atoms with Crippen LogP contribution in [0, 0.1) is 0 Å². The maximum Gasteiger partial charge on any atom is 0.0521 e. The summed E-state index contributed by atoms with van der Waals surface area (Å²) in [5.74, 6) is 1.79. The maximum atomic E-state index is 8.58. The Kier molecular flexibility index (Phi) is 4.43. The molecule has 0 amide bonds. The summed E-state index contributed by atoms with van der Waals surface area (Å²) in [6.45, 7) is 4.01. The molecule has 0 aliphatic carbocycles. The normalized spacial score (nSPS) is 10.1. The monoisotopic (exact) mass is 200 g/mol. The average molecular weight is 200 g/mol. The quantitative estimate of drug-likeness (QED) is 0.737. The van der Waals surface area contributed by atoms with E-state index in [1.54, 1.807) is 23.1 Å². The molecular weight excluding hydrogens is 188 g/mol. The second-order valence-electron chi connectivity index (χ2n) is 2.29. The fourth-order valence-corrected chi connectivity index (χ4v) is 2.50. The second-order valence-corrected chi connectivity index (χ2v) is 4.34. The number of hydrogen-bond donors (Lipinski definition) is 1. The van der Waals surface area contributed by atoms with Gasteiger partial charge in [0.15, 0.2) is 0 Å². The van der Waals surface area contributed by atoms with E-state index < -0.39 is 0 Å². The van der Waals surface area contributed by atoms with Gasteiger partial charge in [0.25, 0.3) is 0 Å². The molecule has 0 unspecified atom stereocenters. The van der Waals surface area contributed by atoms with Gasteiger partial charge < -0.3 is 5.11 Å². The molecule has 1 aromatic heterocycles. The fourth-order valence-electron chi connectivity index (χ4n) is 0.892. The zero-order chi connectivity index (χ0) is 8.81. The maximum absolute atomic E-state index is 8.58. The minimum atomic E-state index is 0.262. The molecule has 1 aromatic rings.